The Labute approximate surface area is 194 Å². The molecule has 0 spiro atoms. The summed E-state index contributed by atoms with van der Waals surface area (Å²) in [6.45, 7) is 0.493. The summed E-state index contributed by atoms with van der Waals surface area (Å²) in [6, 6.07) is 20.9. The molecule has 0 fully saturated rings. The first-order valence-electron chi connectivity index (χ1n) is 9.91. The number of halogens is 1. The highest BCUT2D eigenvalue weighted by molar-refractivity contribution is 7.89. The van der Waals surface area contributed by atoms with E-state index in [9.17, 15) is 13.2 Å². The minimum absolute atomic E-state index is 0.00868. The van der Waals surface area contributed by atoms with E-state index in [0.717, 1.165) is 11.1 Å². The number of carbonyl (C=O) groups excluding carboxylic acids is 1. The average molecular weight is 473 g/mol. The number of sulfonamides is 1. The molecule has 0 bridgehead atoms. The van der Waals surface area contributed by atoms with Crippen LogP contribution in [0.5, 0.6) is 5.75 Å². The molecule has 0 radical (unpaired) electrons. The van der Waals surface area contributed by atoms with Gasteiger partial charge in [-0.25, -0.2) is 8.42 Å². The Morgan fingerprint density at radius 2 is 1.59 bits per heavy atom. The van der Waals surface area contributed by atoms with E-state index in [1.54, 1.807) is 14.2 Å². The molecule has 8 heteroatoms. The van der Waals surface area contributed by atoms with Gasteiger partial charge in [0.25, 0.3) is 5.91 Å². The van der Waals surface area contributed by atoms with E-state index >= 15 is 0 Å². The summed E-state index contributed by atoms with van der Waals surface area (Å²) in [5, 5.41) is 0.187. The van der Waals surface area contributed by atoms with Crippen LogP contribution in [0.25, 0.3) is 0 Å². The van der Waals surface area contributed by atoms with Gasteiger partial charge in [-0.15, -0.1) is 0 Å². The Bertz CT molecular complexity index is 1200. The first kappa shape index (κ1) is 23.8. The molecule has 168 valence electrons. The number of carbonyl (C=O) groups is 1. The summed E-state index contributed by atoms with van der Waals surface area (Å²) in [5.41, 5.74) is 1.81. The van der Waals surface area contributed by atoms with Crippen molar-refractivity contribution in [1.82, 2.24) is 9.21 Å². The molecule has 3 aromatic rings. The van der Waals surface area contributed by atoms with Crippen molar-refractivity contribution in [2.45, 2.75) is 18.0 Å². The summed E-state index contributed by atoms with van der Waals surface area (Å²) in [5.74, 6) is 0.279. The Hall–Kier alpha value is -2.87. The number of benzene rings is 3. The van der Waals surface area contributed by atoms with Crippen molar-refractivity contribution < 1.29 is 17.9 Å². The third-order valence-corrected chi connectivity index (χ3v) is 7.20. The molecule has 0 unspecified atom stereocenters. The molecule has 0 heterocycles. The Balaban J connectivity index is 1.85. The van der Waals surface area contributed by atoms with Crippen LogP contribution in [0.4, 0.5) is 0 Å². The normalized spacial score (nSPS) is 11.4. The maximum Gasteiger partial charge on any atom is 0.255 e. The van der Waals surface area contributed by atoms with Crippen molar-refractivity contribution in [2.75, 3.05) is 21.2 Å². The molecule has 0 N–H and O–H groups in total. The van der Waals surface area contributed by atoms with Crippen LogP contribution in [0.15, 0.2) is 77.7 Å². The molecule has 0 saturated heterocycles. The molecular formula is C24H25ClN2O4S. The molecule has 0 atom stereocenters. The number of nitrogens with zero attached hydrogens (tertiary/aromatic N) is 2. The van der Waals surface area contributed by atoms with Gasteiger partial charge in [0, 0.05) is 32.7 Å². The van der Waals surface area contributed by atoms with Crippen molar-refractivity contribution in [1.29, 1.82) is 0 Å². The molecule has 0 saturated carbocycles. The Morgan fingerprint density at radius 1 is 0.938 bits per heavy atom. The number of rotatable bonds is 8. The molecular weight excluding hydrogens is 448 g/mol. The molecule has 3 rings (SSSR count). The first-order valence-corrected chi connectivity index (χ1v) is 11.7. The number of hydrogen-bond donors (Lipinski definition) is 0. The maximum absolute atomic E-state index is 13.1. The van der Waals surface area contributed by atoms with Gasteiger partial charge < -0.3 is 9.64 Å². The van der Waals surface area contributed by atoms with Crippen LogP contribution in [-0.2, 0) is 23.1 Å². The molecule has 0 aliphatic rings. The van der Waals surface area contributed by atoms with Gasteiger partial charge in [-0.2, -0.15) is 4.31 Å². The lowest BCUT2D eigenvalue weighted by atomic mass is 10.1. The highest BCUT2D eigenvalue weighted by atomic mass is 35.5. The second-order valence-electron chi connectivity index (χ2n) is 7.36. The van der Waals surface area contributed by atoms with Gasteiger partial charge in [0.15, 0.2) is 0 Å². The third-order valence-electron chi connectivity index (χ3n) is 5.07. The van der Waals surface area contributed by atoms with Crippen molar-refractivity contribution >= 4 is 27.5 Å². The topological polar surface area (TPSA) is 66.9 Å². The van der Waals surface area contributed by atoms with Gasteiger partial charge >= 0.3 is 0 Å². The summed E-state index contributed by atoms with van der Waals surface area (Å²) in [7, 11) is 0.885. The van der Waals surface area contributed by atoms with Gasteiger partial charge in [-0.3, -0.25) is 4.79 Å². The van der Waals surface area contributed by atoms with Gasteiger partial charge in [0.1, 0.15) is 5.75 Å². The summed E-state index contributed by atoms with van der Waals surface area (Å²) < 4.78 is 32.8. The fourth-order valence-electron chi connectivity index (χ4n) is 3.30. The molecule has 1 amide bonds. The molecule has 0 aliphatic heterocycles. The smallest absolute Gasteiger partial charge is 0.255 e. The predicted octanol–water partition coefficient (Wildman–Crippen LogP) is 4.44. The van der Waals surface area contributed by atoms with Crippen molar-refractivity contribution in [3.8, 4) is 5.75 Å². The number of para-hydroxylation sites is 1. The van der Waals surface area contributed by atoms with Crippen LogP contribution >= 0.6 is 11.6 Å². The summed E-state index contributed by atoms with van der Waals surface area (Å²) >= 11 is 6.28. The van der Waals surface area contributed by atoms with Crippen LogP contribution in [0.3, 0.4) is 0 Å². The van der Waals surface area contributed by atoms with E-state index in [2.05, 4.69) is 0 Å². The van der Waals surface area contributed by atoms with Crippen LogP contribution < -0.4 is 4.74 Å². The number of ether oxygens (including phenoxy) is 1. The van der Waals surface area contributed by atoms with Gasteiger partial charge in [-0.1, -0.05) is 60.1 Å². The lowest BCUT2D eigenvalue weighted by Crippen LogP contribution is -2.28. The van der Waals surface area contributed by atoms with Crippen LogP contribution in [-0.4, -0.2) is 44.7 Å². The van der Waals surface area contributed by atoms with E-state index in [4.69, 9.17) is 16.3 Å². The van der Waals surface area contributed by atoms with Gasteiger partial charge in [0.2, 0.25) is 10.0 Å². The van der Waals surface area contributed by atoms with E-state index in [0.29, 0.717) is 5.75 Å². The van der Waals surface area contributed by atoms with Crippen molar-refractivity contribution in [3.63, 3.8) is 0 Å². The number of methoxy groups -OCH3 is 1. The summed E-state index contributed by atoms with van der Waals surface area (Å²) in [4.78, 5) is 14.6. The molecule has 32 heavy (non-hydrogen) atoms. The maximum atomic E-state index is 13.1. The summed E-state index contributed by atoms with van der Waals surface area (Å²) in [6.07, 6.45) is 0. The van der Waals surface area contributed by atoms with Crippen molar-refractivity contribution in [3.05, 3.63) is 94.5 Å². The second-order valence-corrected chi connectivity index (χ2v) is 9.81. The standard InChI is InChI=1S/C24H25ClN2O4S/c1-26(17-19-11-7-8-12-23(19)31-3)24(28)21-15-20(13-14-22(21)25)32(29,30)27(2)16-18-9-5-4-6-10-18/h4-15H,16-17H2,1-3H3. The monoisotopic (exact) mass is 472 g/mol. The van der Waals surface area contributed by atoms with Crippen molar-refractivity contribution in [2.24, 2.45) is 0 Å². The van der Waals surface area contributed by atoms with Crippen LogP contribution in [0, 0.1) is 0 Å². The number of amides is 1. The Morgan fingerprint density at radius 3 is 2.28 bits per heavy atom. The van der Waals surface area contributed by atoms with E-state index in [1.165, 1.54) is 34.5 Å². The fourth-order valence-corrected chi connectivity index (χ4v) is 4.68. The third kappa shape index (κ3) is 5.30. The lowest BCUT2D eigenvalue weighted by molar-refractivity contribution is 0.0784. The highest BCUT2D eigenvalue weighted by Gasteiger charge is 2.25. The largest absolute Gasteiger partial charge is 0.496 e. The minimum Gasteiger partial charge on any atom is -0.496 e. The quantitative estimate of drug-likeness (QED) is 0.486. The Kier molecular flexibility index (Phi) is 7.56. The zero-order valence-corrected chi connectivity index (χ0v) is 19.7. The molecule has 0 aliphatic carbocycles. The SMILES string of the molecule is COc1ccccc1CN(C)C(=O)c1cc(S(=O)(=O)N(C)Cc2ccccc2)ccc1Cl. The number of hydrogen-bond acceptors (Lipinski definition) is 4. The van der Waals surface area contributed by atoms with Gasteiger partial charge in [-0.05, 0) is 29.8 Å². The molecule has 0 aromatic heterocycles. The zero-order valence-electron chi connectivity index (χ0n) is 18.2. The van der Waals surface area contributed by atoms with E-state index < -0.39 is 10.0 Å². The molecule has 6 nitrogen and oxygen atoms in total. The zero-order chi connectivity index (χ0) is 23.3. The average Bonchev–Trinajstić information content (AvgIpc) is 2.79. The highest BCUT2D eigenvalue weighted by Crippen LogP contribution is 2.26. The fraction of sp³-hybridized carbons (Fsp3) is 0.208. The molecule has 3 aromatic carbocycles. The lowest BCUT2D eigenvalue weighted by Gasteiger charge is -2.21. The first-order chi connectivity index (χ1) is 15.2. The van der Waals surface area contributed by atoms with Crippen LogP contribution in [0.1, 0.15) is 21.5 Å². The van der Waals surface area contributed by atoms with Crippen LogP contribution in [0.2, 0.25) is 5.02 Å². The minimum atomic E-state index is -3.82. The predicted molar refractivity (Wildman–Crippen MR) is 125 cm³/mol. The van der Waals surface area contributed by atoms with E-state index in [-0.39, 0.29) is 34.5 Å². The van der Waals surface area contributed by atoms with E-state index in [1.807, 2.05) is 54.6 Å². The second kappa shape index (κ2) is 10.2. The van der Waals surface area contributed by atoms with Gasteiger partial charge in [0.05, 0.1) is 22.6 Å².